The standard InChI is InChI=1S/C30H33NO/c1-20-18-21(2)28(22(3)19-20)30-26-14-7-13-24(26)25-15-8-16-27(29(25)31-30)32-17-9-12-23-10-5-4-6-11-23/h4-8,10-11,13,15-16,18-19,24,26,30-31H,9,12,14,17H2,1-3H3. The number of benzene rings is 3. The Morgan fingerprint density at radius 1 is 0.938 bits per heavy atom. The largest absolute Gasteiger partial charge is 0.491 e. The number of hydrogen-bond donors (Lipinski definition) is 1. The van der Waals surface area contributed by atoms with Crippen molar-refractivity contribution in [2.75, 3.05) is 11.9 Å². The van der Waals surface area contributed by atoms with Crippen molar-refractivity contribution in [3.63, 3.8) is 0 Å². The van der Waals surface area contributed by atoms with E-state index in [-0.39, 0.29) is 0 Å². The molecule has 3 unspecified atom stereocenters. The number of allylic oxidation sites excluding steroid dienone is 2. The van der Waals surface area contributed by atoms with Gasteiger partial charge in [0.1, 0.15) is 5.75 Å². The SMILES string of the molecule is Cc1cc(C)c(C2Nc3c(OCCCc4ccccc4)cccc3C3C=CCC32)c(C)c1. The van der Waals surface area contributed by atoms with Crippen LogP contribution in [0.25, 0.3) is 0 Å². The van der Waals surface area contributed by atoms with Gasteiger partial charge in [0.25, 0.3) is 0 Å². The molecule has 0 bridgehead atoms. The molecule has 2 heteroatoms. The molecule has 0 radical (unpaired) electrons. The van der Waals surface area contributed by atoms with Gasteiger partial charge in [0.2, 0.25) is 0 Å². The zero-order valence-corrected chi connectivity index (χ0v) is 19.4. The van der Waals surface area contributed by atoms with Gasteiger partial charge in [-0.05, 0) is 79.8 Å². The first-order valence-electron chi connectivity index (χ1n) is 11.9. The molecule has 1 aliphatic heterocycles. The maximum atomic E-state index is 6.35. The quantitative estimate of drug-likeness (QED) is 0.328. The van der Waals surface area contributed by atoms with Crippen molar-refractivity contribution in [3.8, 4) is 5.75 Å². The lowest BCUT2D eigenvalue weighted by molar-refractivity contribution is 0.309. The minimum absolute atomic E-state index is 0.303. The molecule has 0 fully saturated rings. The van der Waals surface area contributed by atoms with Gasteiger partial charge in [-0.25, -0.2) is 0 Å². The summed E-state index contributed by atoms with van der Waals surface area (Å²) in [7, 11) is 0. The van der Waals surface area contributed by atoms with Gasteiger partial charge in [-0.15, -0.1) is 0 Å². The lowest BCUT2D eigenvalue weighted by atomic mass is 9.75. The van der Waals surface area contributed by atoms with E-state index < -0.39 is 0 Å². The number of anilines is 1. The molecule has 0 saturated carbocycles. The van der Waals surface area contributed by atoms with Crippen molar-refractivity contribution in [2.24, 2.45) is 5.92 Å². The summed E-state index contributed by atoms with van der Waals surface area (Å²) < 4.78 is 6.35. The van der Waals surface area contributed by atoms with Crippen LogP contribution >= 0.6 is 0 Å². The predicted molar refractivity (Wildman–Crippen MR) is 134 cm³/mol. The number of aryl methyl sites for hydroxylation is 4. The van der Waals surface area contributed by atoms with Crippen LogP contribution in [0.5, 0.6) is 5.75 Å². The second kappa shape index (κ2) is 8.86. The smallest absolute Gasteiger partial charge is 0.142 e. The average Bonchev–Trinajstić information content (AvgIpc) is 3.27. The van der Waals surface area contributed by atoms with E-state index in [1.165, 1.54) is 39.1 Å². The summed E-state index contributed by atoms with van der Waals surface area (Å²) in [6.45, 7) is 7.44. The van der Waals surface area contributed by atoms with Gasteiger partial charge in [-0.2, -0.15) is 0 Å². The minimum Gasteiger partial charge on any atom is -0.491 e. The minimum atomic E-state index is 0.303. The van der Waals surface area contributed by atoms with E-state index in [0.717, 1.165) is 31.6 Å². The molecular weight excluding hydrogens is 390 g/mol. The van der Waals surface area contributed by atoms with E-state index in [2.05, 4.69) is 98.9 Å². The van der Waals surface area contributed by atoms with Crippen molar-refractivity contribution >= 4 is 5.69 Å². The molecule has 2 aliphatic rings. The Bertz CT molecular complexity index is 1110. The van der Waals surface area contributed by atoms with Gasteiger partial charge in [-0.3, -0.25) is 0 Å². The fraction of sp³-hybridized carbons (Fsp3) is 0.333. The highest BCUT2D eigenvalue weighted by Gasteiger charge is 2.40. The van der Waals surface area contributed by atoms with Crippen molar-refractivity contribution in [2.45, 2.75) is 52.0 Å². The highest BCUT2D eigenvalue weighted by Crippen LogP contribution is 2.53. The molecule has 3 atom stereocenters. The first-order chi connectivity index (χ1) is 15.6. The van der Waals surface area contributed by atoms with Gasteiger partial charge >= 0.3 is 0 Å². The Kier molecular flexibility index (Phi) is 5.78. The number of hydrogen-bond acceptors (Lipinski definition) is 2. The van der Waals surface area contributed by atoms with E-state index in [9.17, 15) is 0 Å². The van der Waals surface area contributed by atoms with Crippen LogP contribution in [0.1, 0.15) is 58.2 Å². The van der Waals surface area contributed by atoms with E-state index in [1.807, 2.05) is 0 Å². The van der Waals surface area contributed by atoms with Crippen molar-refractivity contribution in [3.05, 3.63) is 106 Å². The van der Waals surface area contributed by atoms with Gasteiger partial charge in [-0.1, -0.05) is 72.3 Å². The van der Waals surface area contributed by atoms with Crippen molar-refractivity contribution < 1.29 is 4.74 Å². The second-order valence-corrected chi connectivity index (χ2v) is 9.45. The molecule has 0 aromatic heterocycles. The zero-order chi connectivity index (χ0) is 22.1. The third-order valence-electron chi connectivity index (χ3n) is 7.12. The van der Waals surface area contributed by atoms with Crippen LogP contribution in [0.3, 0.4) is 0 Å². The van der Waals surface area contributed by atoms with Crippen LogP contribution in [0.2, 0.25) is 0 Å². The van der Waals surface area contributed by atoms with Crippen molar-refractivity contribution in [1.82, 2.24) is 0 Å². The summed E-state index contributed by atoms with van der Waals surface area (Å²) in [6.07, 6.45) is 7.96. The highest BCUT2D eigenvalue weighted by atomic mass is 16.5. The van der Waals surface area contributed by atoms with Gasteiger partial charge in [0, 0.05) is 5.92 Å². The second-order valence-electron chi connectivity index (χ2n) is 9.45. The molecule has 0 saturated heterocycles. The Hall–Kier alpha value is -3.00. The van der Waals surface area contributed by atoms with E-state index in [1.54, 1.807) is 0 Å². The fourth-order valence-corrected chi connectivity index (χ4v) is 5.78. The lowest BCUT2D eigenvalue weighted by Crippen LogP contribution is -2.30. The topological polar surface area (TPSA) is 21.3 Å². The van der Waals surface area contributed by atoms with Crippen LogP contribution in [0.15, 0.2) is 72.8 Å². The zero-order valence-electron chi connectivity index (χ0n) is 19.4. The summed E-state index contributed by atoms with van der Waals surface area (Å²) in [5.41, 5.74) is 9.49. The molecule has 1 aliphatic carbocycles. The average molecular weight is 424 g/mol. The van der Waals surface area contributed by atoms with Crippen molar-refractivity contribution in [1.29, 1.82) is 0 Å². The van der Waals surface area contributed by atoms with Gasteiger partial charge in [0.15, 0.2) is 0 Å². The maximum absolute atomic E-state index is 6.35. The molecule has 5 rings (SSSR count). The molecule has 32 heavy (non-hydrogen) atoms. The number of fused-ring (bicyclic) bond motifs is 3. The lowest BCUT2D eigenvalue weighted by Gasteiger charge is -2.39. The highest BCUT2D eigenvalue weighted by molar-refractivity contribution is 5.68. The number of ether oxygens (including phenoxy) is 1. The molecule has 3 aromatic rings. The van der Waals surface area contributed by atoms with Gasteiger partial charge in [0.05, 0.1) is 18.3 Å². The molecule has 0 spiro atoms. The van der Waals surface area contributed by atoms with E-state index >= 15 is 0 Å². The molecule has 1 N–H and O–H groups in total. The first kappa shape index (κ1) is 20.9. The molecular formula is C30H33NO. The number of nitrogens with one attached hydrogen (secondary N) is 1. The van der Waals surface area contributed by atoms with Crippen LogP contribution in [0, 0.1) is 26.7 Å². The maximum Gasteiger partial charge on any atom is 0.142 e. The predicted octanol–water partition coefficient (Wildman–Crippen LogP) is 7.45. The monoisotopic (exact) mass is 423 g/mol. The molecule has 1 heterocycles. The first-order valence-corrected chi connectivity index (χ1v) is 11.9. The summed E-state index contributed by atoms with van der Waals surface area (Å²) in [6, 6.07) is 22.2. The van der Waals surface area contributed by atoms with Gasteiger partial charge < -0.3 is 10.1 Å². The Labute approximate surface area is 192 Å². The van der Waals surface area contributed by atoms with Crippen LogP contribution in [-0.4, -0.2) is 6.61 Å². The molecule has 2 nitrogen and oxygen atoms in total. The summed E-state index contributed by atoms with van der Waals surface area (Å²) in [5.74, 6) is 1.99. The number of para-hydroxylation sites is 1. The molecule has 0 amide bonds. The van der Waals surface area contributed by atoms with Crippen LogP contribution in [0.4, 0.5) is 5.69 Å². The van der Waals surface area contributed by atoms with Crippen LogP contribution < -0.4 is 10.1 Å². The number of rotatable bonds is 6. The fourth-order valence-electron chi connectivity index (χ4n) is 5.78. The van der Waals surface area contributed by atoms with Crippen LogP contribution in [-0.2, 0) is 6.42 Å². The van der Waals surface area contributed by atoms with E-state index in [0.29, 0.717) is 17.9 Å². The normalized spacial score (nSPS) is 21.0. The third-order valence-corrected chi connectivity index (χ3v) is 7.12. The Morgan fingerprint density at radius 3 is 2.50 bits per heavy atom. The third kappa shape index (κ3) is 3.95. The Morgan fingerprint density at radius 2 is 1.72 bits per heavy atom. The Balaban J connectivity index is 1.40. The summed E-state index contributed by atoms with van der Waals surface area (Å²) in [4.78, 5) is 0. The summed E-state index contributed by atoms with van der Waals surface area (Å²) in [5, 5.41) is 3.95. The molecule has 164 valence electrons. The molecule has 3 aromatic carbocycles. The summed E-state index contributed by atoms with van der Waals surface area (Å²) >= 11 is 0. The van der Waals surface area contributed by atoms with E-state index in [4.69, 9.17) is 4.74 Å².